The zero-order chi connectivity index (χ0) is 16.0. The maximum atomic E-state index is 3.83. The molecule has 1 rings (SSSR count). The quantitative estimate of drug-likeness (QED) is 0.780. The van der Waals surface area contributed by atoms with Gasteiger partial charge in [0.05, 0.1) is 0 Å². The van der Waals surface area contributed by atoms with Gasteiger partial charge in [0.1, 0.15) is 0 Å². The Morgan fingerprint density at radius 3 is 2.10 bits per heavy atom. The van der Waals surface area contributed by atoms with Crippen molar-refractivity contribution in [1.29, 1.82) is 0 Å². The van der Waals surface area contributed by atoms with Crippen LogP contribution in [0.5, 0.6) is 0 Å². The molecule has 0 aliphatic heterocycles. The van der Waals surface area contributed by atoms with Gasteiger partial charge < -0.3 is 10.2 Å². The summed E-state index contributed by atoms with van der Waals surface area (Å²) in [5.41, 5.74) is 1.63. The van der Waals surface area contributed by atoms with E-state index in [4.69, 9.17) is 0 Å². The number of rotatable bonds is 8. The lowest BCUT2D eigenvalue weighted by molar-refractivity contribution is 0.256. The molecule has 1 aromatic carbocycles. The topological polar surface area (TPSA) is 15.3 Å². The Labute approximate surface area is 131 Å². The SMILES string of the molecule is CC(CC(C)(C)c1ccccc1)NC(CN(C)C)C(C)C. The van der Waals surface area contributed by atoms with Crippen molar-refractivity contribution in [3.8, 4) is 0 Å². The van der Waals surface area contributed by atoms with Crippen LogP contribution in [0.2, 0.25) is 0 Å². The van der Waals surface area contributed by atoms with Crippen LogP contribution in [0.4, 0.5) is 0 Å². The fourth-order valence-electron chi connectivity index (χ4n) is 3.05. The van der Waals surface area contributed by atoms with Crippen LogP contribution < -0.4 is 5.32 Å². The smallest absolute Gasteiger partial charge is 0.0220 e. The van der Waals surface area contributed by atoms with Crippen LogP contribution in [0, 0.1) is 5.92 Å². The summed E-state index contributed by atoms with van der Waals surface area (Å²) < 4.78 is 0. The third-order valence-electron chi connectivity index (χ3n) is 4.24. The van der Waals surface area contributed by atoms with Crippen LogP contribution in [-0.2, 0) is 5.41 Å². The summed E-state index contributed by atoms with van der Waals surface area (Å²) >= 11 is 0. The van der Waals surface area contributed by atoms with Gasteiger partial charge in [0.2, 0.25) is 0 Å². The molecule has 0 aliphatic carbocycles. The molecule has 0 bridgehead atoms. The van der Waals surface area contributed by atoms with Gasteiger partial charge in [-0.3, -0.25) is 0 Å². The molecule has 0 saturated carbocycles. The van der Waals surface area contributed by atoms with Gasteiger partial charge in [-0.1, -0.05) is 58.0 Å². The van der Waals surface area contributed by atoms with Crippen LogP contribution in [0.25, 0.3) is 0 Å². The number of nitrogens with zero attached hydrogens (tertiary/aromatic N) is 1. The monoisotopic (exact) mass is 290 g/mol. The second kappa shape index (κ2) is 7.95. The van der Waals surface area contributed by atoms with Gasteiger partial charge in [-0.15, -0.1) is 0 Å². The van der Waals surface area contributed by atoms with E-state index in [0.29, 0.717) is 18.0 Å². The molecule has 0 saturated heterocycles. The Morgan fingerprint density at radius 1 is 1.05 bits per heavy atom. The highest BCUT2D eigenvalue weighted by atomic mass is 15.1. The van der Waals surface area contributed by atoms with Crippen LogP contribution in [-0.4, -0.2) is 37.6 Å². The van der Waals surface area contributed by atoms with E-state index in [1.165, 1.54) is 5.56 Å². The number of hydrogen-bond donors (Lipinski definition) is 1. The van der Waals surface area contributed by atoms with Gasteiger partial charge in [-0.25, -0.2) is 0 Å². The second-order valence-electron chi connectivity index (χ2n) is 7.63. The molecule has 1 aromatic rings. The molecule has 21 heavy (non-hydrogen) atoms. The predicted octanol–water partition coefficient (Wildman–Crippen LogP) is 3.92. The van der Waals surface area contributed by atoms with E-state index in [9.17, 15) is 0 Å². The summed E-state index contributed by atoms with van der Waals surface area (Å²) in [6, 6.07) is 11.9. The molecule has 2 heteroatoms. The zero-order valence-corrected chi connectivity index (χ0v) is 15.0. The third-order valence-corrected chi connectivity index (χ3v) is 4.24. The van der Waals surface area contributed by atoms with Crippen molar-refractivity contribution < 1.29 is 0 Å². The van der Waals surface area contributed by atoms with E-state index in [1.54, 1.807) is 0 Å². The third kappa shape index (κ3) is 6.19. The highest BCUT2D eigenvalue weighted by Gasteiger charge is 2.25. The van der Waals surface area contributed by atoms with Crippen molar-refractivity contribution in [2.75, 3.05) is 20.6 Å². The van der Waals surface area contributed by atoms with Crippen molar-refractivity contribution in [2.45, 2.75) is 58.5 Å². The highest BCUT2D eigenvalue weighted by Crippen LogP contribution is 2.28. The molecule has 0 radical (unpaired) electrons. The maximum absolute atomic E-state index is 3.83. The number of hydrogen-bond acceptors (Lipinski definition) is 2. The van der Waals surface area contributed by atoms with Gasteiger partial charge in [0.25, 0.3) is 0 Å². The summed E-state index contributed by atoms with van der Waals surface area (Å²) in [6.45, 7) is 12.7. The van der Waals surface area contributed by atoms with Crippen molar-refractivity contribution >= 4 is 0 Å². The largest absolute Gasteiger partial charge is 0.310 e. The van der Waals surface area contributed by atoms with E-state index in [1.807, 2.05) is 0 Å². The lowest BCUT2D eigenvalue weighted by Gasteiger charge is -2.34. The van der Waals surface area contributed by atoms with E-state index >= 15 is 0 Å². The average molecular weight is 290 g/mol. The van der Waals surface area contributed by atoms with E-state index in [-0.39, 0.29) is 5.41 Å². The average Bonchev–Trinajstić information content (AvgIpc) is 2.37. The summed E-state index contributed by atoms with van der Waals surface area (Å²) in [4.78, 5) is 2.27. The number of likely N-dealkylation sites (N-methyl/N-ethyl adjacent to an activating group) is 1. The van der Waals surface area contributed by atoms with Gasteiger partial charge in [0.15, 0.2) is 0 Å². The van der Waals surface area contributed by atoms with Gasteiger partial charge in [-0.05, 0) is 44.3 Å². The number of benzene rings is 1. The normalized spacial score (nSPS) is 15.5. The van der Waals surface area contributed by atoms with E-state index in [0.717, 1.165) is 13.0 Å². The van der Waals surface area contributed by atoms with E-state index < -0.39 is 0 Å². The highest BCUT2D eigenvalue weighted by molar-refractivity contribution is 5.23. The second-order valence-corrected chi connectivity index (χ2v) is 7.63. The van der Waals surface area contributed by atoms with E-state index in [2.05, 4.69) is 89.3 Å². The lowest BCUT2D eigenvalue weighted by atomic mass is 9.79. The Kier molecular flexibility index (Phi) is 6.89. The fraction of sp³-hybridized carbons (Fsp3) is 0.684. The molecule has 0 spiro atoms. The van der Waals surface area contributed by atoms with Gasteiger partial charge >= 0.3 is 0 Å². The first-order chi connectivity index (χ1) is 9.72. The Balaban J connectivity index is 2.64. The molecule has 0 fully saturated rings. The molecule has 2 unspecified atom stereocenters. The first-order valence-electron chi connectivity index (χ1n) is 8.18. The van der Waals surface area contributed by atoms with Crippen LogP contribution in [0.1, 0.15) is 46.6 Å². The molecule has 0 heterocycles. The molecular formula is C19H34N2. The summed E-state index contributed by atoms with van der Waals surface area (Å²) in [5.74, 6) is 0.648. The molecule has 2 atom stereocenters. The molecular weight excluding hydrogens is 256 g/mol. The predicted molar refractivity (Wildman–Crippen MR) is 93.9 cm³/mol. The van der Waals surface area contributed by atoms with Gasteiger partial charge in [0, 0.05) is 18.6 Å². The minimum absolute atomic E-state index is 0.202. The van der Waals surface area contributed by atoms with Crippen LogP contribution in [0.3, 0.4) is 0 Å². The molecule has 0 amide bonds. The lowest BCUT2D eigenvalue weighted by Crippen LogP contribution is -2.47. The molecule has 2 nitrogen and oxygen atoms in total. The minimum atomic E-state index is 0.202. The van der Waals surface area contributed by atoms with Crippen molar-refractivity contribution in [3.63, 3.8) is 0 Å². The number of nitrogens with one attached hydrogen (secondary N) is 1. The molecule has 0 aliphatic rings. The van der Waals surface area contributed by atoms with Crippen molar-refractivity contribution in [3.05, 3.63) is 35.9 Å². The molecule has 0 aromatic heterocycles. The fourth-order valence-corrected chi connectivity index (χ4v) is 3.05. The Hall–Kier alpha value is -0.860. The maximum Gasteiger partial charge on any atom is 0.0220 e. The summed E-state index contributed by atoms with van der Waals surface area (Å²) in [7, 11) is 4.30. The van der Waals surface area contributed by atoms with Crippen molar-refractivity contribution in [1.82, 2.24) is 10.2 Å². The Morgan fingerprint density at radius 2 is 1.62 bits per heavy atom. The standard InChI is InChI=1S/C19H34N2/c1-15(2)18(14-21(6)7)20-16(3)13-19(4,5)17-11-9-8-10-12-17/h8-12,15-16,18,20H,13-14H2,1-7H3. The van der Waals surface area contributed by atoms with Crippen LogP contribution in [0.15, 0.2) is 30.3 Å². The zero-order valence-electron chi connectivity index (χ0n) is 15.0. The minimum Gasteiger partial charge on any atom is -0.310 e. The first-order valence-corrected chi connectivity index (χ1v) is 8.18. The summed E-state index contributed by atoms with van der Waals surface area (Å²) in [5, 5.41) is 3.83. The van der Waals surface area contributed by atoms with Gasteiger partial charge in [-0.2, -0.15) is 0 Å². The summed E-state index contributed by atoms with van der Waals surface area (Å²) in [6.07, 6.45) is 1.15. The van der Waals surface area contributed by atoms with Crippen LogP contribution >= 0.6 is 0 Å². The van der Waals surface area contributed by atoms with Crippen molar-refractivity contribution in [2.24, 2.45) is 5.92 Å². The molecule has 1 N–H and O–H groups in total. The first kappa shape index (κ1) is 18.2. The Bertz CT molecular complexity index is 395. The molecule has 120 valence electrons.